The Kier molecular flexibility index (Phi) is 3.15. The van der Waals surface area contributed by atoms with Crippen molar-refractivity contribution in [2.45, 2.75) is 33.8 Å². The summed E-state index contributed by atoms with van der Waals surface area (Å²) in [7, 11) is 1.61. The topological polar surface area (TPSA) is 29.5 Å². The van der Waals surface area contributed by atoms with E-state index in [0.29, 0.717) is 10.8 Å². The fourth-order valence-corrected chi connectivity index (χ4v) is 3.33. The van der Waals surface area contributed by atoms with Crippen LogP contribution in [0.1, 0.15) is 39.4 Å². The summed E-state index contributed by atoms with van der Waals surface area (Å²) < 4.78 is 5.32. The van der Waals surface area contributed by atoms with Crippen LogP contribution in [0.3, 0.4) is 0 Å². The molecule has 1 aromatic rings. The van der Waals surface area contributed by atoms with Gasteiger partial charge in [-0.25, -0.2) is 0 Å². The van der Waals surface area contributed by atoms with Crippen LogP contribution >= 0.6 is 11.6 Å². The molecule has 0 heterocycles. The smallest absolute Gasteiger partial charge is 0.124 e. The van der Waals surface area contributed by atoms with E-state index in [1.54, 1.807) is 19.2 Å². The van der Waals surface area contributed by atoms with Crippen molar-refractivity contribution in [3.63, 3.8) is 0 Å². The lowest BCUT2D eigenvalue weighted by Gasteiger charge is -2.17. The Hall–Kier alpha value is -0.730. The molecule has 1 aliphatic carbocycles. The number of aliphatic hydroxyl groups excluding tert-OH is 1. The Labute approximate surface area is 114 Å². The molecule has 2 nitrogen and oxygen atoms in total. The highest BCUT2D eigenvalue weighted by atomic mass is 35.5. The number of methoxy groups -OCH3 is 1. The van der Waals surface area contributed by atoms with E-state index < -0.39 is 6.10 Å². The van der Waals surface area contributed by atoms with Crippen LogP contribution in [-0.4, -0.2) is 12.2 Å². The van der Waals surface area contributed by atoms with Crippen LogP contribution in [0.2, 0.25) is 5.02 Å². The second kappa shape index (κ2) is 4.14. The van der Waals surface area contributed by atoms with Gasteiger partial charge in [0.15, 0.2) is 0 Å². The molecule has 0 aliphatic heterocycles. The van der Waals surface area contributed by atoms with Crippen molar-refractivity contribution in [1.29, 1.82) is 0 Å². The molecule has 1 fully saturated rings. The summed E-state index contributed by atoms with van der Waals surface area (Å²) in [6.07, 6.45) is -0.538. The zero-order valence-corrected chi connectivity index (χ0v) is 12.4. The number of aliphatic hydroxyl groups is 1. The lowest BCUT2D eigenvalue weighted by Crippen LogP contribution is -2.07. The maximum atomic E-state index is 10.6. The first kappa shape index (κ1) is 13.7. The third-order valence-electron chi connectivity index (χ3n) is 4.96. The van der Waals surface area contributed by atoms with Gasteiger partial charge in [0.2, 0.25) is 0 Å². The molecular formula is C15H21ClO2. The highest BCUT2D eigenvalue weighted by Crippen LogP contribution is 2.72. The first-order valence-corrected chi connectivity index (χ1v) is 6.62. The predicted octanol–water partition coefficient (Wildman–Crippen LogP) is 4.06. The van der Waals surface area contributed by atoms with Gasteiger partial charge in [0.25, 0.3) is 0 Å². The third kappa shape index (κ3) is 1.83. The lowest BCUT2D eigenvalue weighted by atomic mass is 9.98. The molecule has 0 spiro atoms. The van der Waals surface area contributed by atoms with Gasteiger partial charge >= 0.3 is 0 Å². The molecule has 1 unspecified atom stereocenters. The average molecular weight is 269 g/mol. The molecule has 3 heteroatoms. The van der Waals surface area contributed by atoms with Gasteiger partial charge < -0.3 is 9.84 Å². The van der Waals surface area contributed by atoms with Crippen LogP contribution in [0.25, 0.3) is 0 Å². The van der Waals surface area contributed by atoms with Crippen molar-refractivity contribution in [3.05, 3.63) is 28.8 Å². The molecule has 18 heavy (non-hydrogen) atoms. The Morgan fingerprint density at radius 2 is 1.78 bits per heavy atom. The van der Waals surface area contributed by atoms with E-state index in [1.807, 2.05) is 6.07 Å². The fourth-order valence-electron chi connectivity index (χ4n) is 3.15. The Morgan fingerprint density at radius 1 is 1.22 bits per heavy atom. The number of hydrogen-bond acceptors (Lipinski definition) is 2. The molecule has 0 amide bonds. The van der Waals surface area contributed by atoms with Gasteiger partial charge in [-0.15, -0.1) is 0 Å². The minimum Gasteiger partial charge on any atom is -0.496 e. The van der Waals surface area contributed by atoms with Crippen LogP contribution in [0.5, 0.6) is 5.75 Å². The van der Waals surface area contributed by atoms with Crippen molar-refractivity contribution in [2.75, 3.05) is 7.11 Å². The number of benzene rings is 1. The van der Waals surface area contributed by atoms with Crippen molar-refractivity contribution in [3.8, 4) is 5.75 Å². The lowest BCUT2D eigenvalue weighted by molar-refractivity contribution is 0.127. The van der Waals surface area contributed by atoms with Gasteiger partial charge in [-0.2, -0.15) is 0 Å². The summed E-state index contributed by atoms with van der Waals surface area (Å²) in [5.41, 5.74) is 1.04. The van der Waals surface area contributed by atoms with E-state index in [2.05, 4.69) is 27.7 Å². The molecule has 1 aromatic carbocycles. The Balaban J connectivity index is 2.36. The van der Waals surface area contributed by atoms with Gasteiger partial charge in [-0.1, -0.05) is 39.3 Å². The number of hydrogen-bond donors (Lipinski definition) is 1. The minimum atomic E-state index is -0.538. The van der Waals surface area contributed by atoms with Crippen LogP contribution in [0, 0.1) is 16.7 Å². The van der Waals surface area contributed by atoms with E-state index in [1.165, 1.54) is 0 Å². The van der Waals surface area contributed by atoms with Crippen molar-refractivity contribution >= 4 is 11.6 Å². The molecule has 2 rings (SSSR count). The SMILES string of the molecule is COc1ccc(Cl)cc1C(O)C1C(C)(C)C1(C)C. The highest BCUT2D eigenvalue weighted by molar-refractivity contribution is 6.30. The van der Waals surface area contributed by atoms with Crippen molar-refractivity contribution in [2.24, 2.45) is 16.7 Å². The van der Waals surface area contributed by atoms with Crippen LogP contribution in [-0.2, 0) is 0 Å². The molecule has 0 saturated heterocycles. The zero-order valence-electron chi connectivity index (χ0n) is 11.6. The van der Waals surface area contributed by atoms with E-state index in [9.17, 15) is 5.11 Å². The summed E-state index contributed by atoms with van der Waals surface area (Å²) in [4.78, 5) is 0. The van der Waals surface area contributed by atoms with Crippen LogP contribution < -0.4 is 4.74 Å². The molecule has 1 atom stereocenters. The number of halogens is 1. The normalized spacial score (nSPS) is 22.6. The number of rotatable bonds is 3. The van der Waals surface area contributed by atoms with Gasteiger partial charge in [-0.05, 0) is 29.0 Å². The van der Waals surface area contributed by atoms with Gasteiger partial charge in [0.1, 0.15) is 5.75 Å². The minimum absolute atomic E-state index is 0.125. The molecule has 0 bridgehead atoms. The largest absolute Gasteiger partial charge is 0.496 e. The highest BCUT2D eigenvalue weighted by Gasteiger charge is 2.67. The summed E-state index contributed by atoms with van der Waals surface area (Å²) >= 11 is 6.02. The molecular weight excluding hydrogens is 248 g/mol. The van der Waals surface area contributed by atoms with Gasteiger partial charge in [0, 0.05) is 16.5 Å². The maximum Gasteiger partial charge on any atom is 0.124 e. The maximum absolute atomic E-state index is 10.6. The predicted molar refractivity (Wildman–Crippen MR) is 74.0 cm³/mol. The third-order valence-corrected chi connectivity index (χ3v) is 5.19. The molecule has 1 N–H and O–H groups in total. The van der Waals surface area contributed by atoms with E-state index in [4.69, 9.17) is 16.3 Å². The van der Waals surface area contributed by atoms with Gasteiger partial charge in [0.05, 0.1) is 13.2 Å². The second-order valence-electron chi connectivity index (χ2n) is 6.25. The first-order chi connectivity index (χ1) is 8.23. The quantitative estimate of drug-likeness (QED) is 0.896. The zero-order chi connectivity index (χ0) is 13.7. The molecule has 100 valence electrons. The Morgan fingerprint density at radius 3 is 2.22 bits per heavy atom. The second-order valence-corrected chi connectivity index (χ2v) is 6.69. The monoisotopic (exact) mass is 268 g/mol. The fraction of sp³-hybridized carbons (Fsp3) is 0.600. The van der Waals surface area contributed by atoms with E-state index in [0.717, 1.165) is 5.56 Å². The van der Waals surface area contributed by atoms with Crippen LogP contribution in [0.15, 0.2) is 18.2 Å². The summed E-state index contributed by atoms with van der Waals surface area (Å²) in [6, 6.07) is 5.39. The average Bonchev–Trinajstić information content (AvgIpc) is 2.68. The standard InChI is InChI=1S/C15H21ClO2/c1-14(2)13(15(14,3)4)12(17)10-8-9(16)6-7-11(10)18-5/h6-8,12-13,17H,1-5H3. The molecule has 0 aromatic heterocycles. The molecule has 1 aliphatic rings. The van der Waals surface area contributed by atoms with E-state index in [-0.39, 0.29) is 16.7 Å². The summed E-state index contributed by atoms with van der Waals surface area (Å²) in [5.74, 6) is 0.919. The first-order valence-electron chi connectivity index (χ1n) is 6.25. The van der Waals surface area contributed by atoms with Crippen molar-refractivity contribution in [1.82, 2.24) is 0 Å². The Bertz CT molecular complexity index is 452. The van der Waals surface area contributed by atoms with Crippen molar-refractivity contribution < 1.29 is 9.84 Å². The van der Waals surface area contributed by atoms with Crippen LogP contribution in [0.4, 0.5) is 0 Å². The van der Waals surface area contributed by atoms with Gasteiger partial charge in [-0.3, -0.25) is 0 Å². The molecule has 0 radical (unpaired) electrons. The summed E-state index contributed by atoms with van der Waals surface area (Å²) in [5, 5.41) is 11.3. The molecule has 1 saturated carbocycles. The summed E-state index contributed by atoms with van der Waals surface area (Å²) in [6.45, 7) is 8.77. The number of ether oxygens (including phenoxy) is 1. The van der Waals surface area contributed by atoms with E-state index >= 15 is 0 Å².